The highest BCUT2D eigenvalue weighted by Crippen LogP contribution is 2.24. The zero-order chi connectivity index (χ0) is 17.1. The molecule has 0 saturated carbocycles. The smallest absolute Gasteiger partial charge is 0.272 e. The first kappa shape index (κ1) is 17.0. The number of halogens is 2. The fourth-order valence-electron chi connectivity index (χ4n) is 2.67. The van der Waals surface area contributed by atoms with Crippen molar-refractivity contribution in [3.63, 3.8) is 0 Å². The third-order valence-electron chi connectivity index (χ3n) is 4.06. The molecule has 2 aromatic rings. The van der Waals surface area contributed by atoms with Crippen LogP contribution in [0.15, 0.2) is 30.5 Å². The van der Waals surface area contributed by atoms with Crippen LogP contribution in [0.25, 0.3) is 0 Å². The Kier molecular flexibility index (Phi) is 5.21. The van der Waals surface area contributed by atoms with E-state index in [0.29, 0.717) is 33.3 Å². The number of benzene rings is 1. The molecule has 2 heterocycles. The summed E-state index contributed by atoms with van der Waals surface area (Å²) in [7, 11) is 0. The molecule has 1 amide bonds. The summed E-state index contributed by atoms with van der Waals surface area (Å²) < 4.78 is 0. The molecule has 0 spiro atoms. The van der Waals surface area contributed by atoms with E-state index in [2.05, 4.69) is 22.2 Å². The lowest BCUT2D eigenvalue weighted by atomic mass is 9.99. The van der Waals surface area contributed by atoms with Gasteiger partial charge in [0.25, 0.3) is 5.91 Å². The summed E-state index contributed by atoms with van der Waals surface area (Å²) in [5.74, 6) is 0.949. The molecule has 5 nitrogen and oxygen atoms in total. The standard InChI is InChI=1S/C17H18Cl2N4O/c1-11-3-6-23(7-4-11)16(24)15-2-5-20-17(22-15)21-14-9-12(18)8-13(19)10-14/h2,5,8-11H,3-4,6-7H2,1H3,(H,20,21,22). The summed E-state index contributed by atoms with van der Waals surface area (Å²) in [5, 5.41) is 4.06. The molecular formula is C17H18Cl2N4O. The predicted octanol–water partition coefficient (Wildman–Crippen LogP) is 4.40. The number of rotatable bonds is 3. The van der Waals surface area contributed by atoms with Crippen LogP contribution in [0.3, 0.4) is 0 Å². The van der Waals surface area contributed by atoms with Crippen molar-refractivity contribution in [3.05, 3.63) is 46.2 Å². The molecule has 3 rings (SSSR count). The van der Waals surface area contributed by atoms with Crippen molar-refractivity contribution < 1.29 is 4.79 Å². The topological polar surface area (TPSA) is 58.1 Å². The van der Waals surface area contributed by atoms with Crippen LogP contribution in [0.1, 0.15) is 30.3 Å². The molecular weight excluding hydrogens is 347 g/mol. The highest BCUT2D eigenvalue weighted by atomic mass is 35.5. The van der Waals surface area contributed by atoms with Crippen LogP contribution >= 0.6 is 23.2 Å². The molecule has 24 heavy (non-hydrogen) atoms. The zero-order valence-corrected chi connectivity index (χ0v) is 14.8. The Morgan fingerprint density at radius 2 is 1.88 bits per heavy atom. The molecule has 1 aliphatic rings. The Labute approximate surface area is 151 Å². The average Bonchev–Trinajstić information content (AvgIpc) is 2.54. The van der Waals surface area contributed by atoms with E-state index >= 15 is 0 Å². The number of anilines is 2. The molecule has 1 fully saturated rings. The second-order valence-electron chi connectivity index (χ2n) is 6.02. The first-order chi connectivity index (χ1) is 11.5. The van der Waals surface area contributed by atoms with E-state index < -0.39 is 0 Å². The molecule has 1 aromatic carbocycles. The summed E-state index contributed by atoms with van der Waals surface area (Å²) in [6.07, 6.45) is 3.63. The van der Waals surface area contributed by atoms with Gasteiger partial charge in [-0.15, -0.1) is 0 Å². The number of piperidine rings is 1. The van der Waals surface area contributed by atoms with Crippen molar-refractivity contribution in [3.8, 4) is 0 Å². The van der Waals surface area contributed by atoms with E-state index in [0.717, 1.165) is 25.9 Å². The Hall–Kier alpha value is -1.85. The number of amides is 1. The Balaban J connectivity index is 1.75. The summed E-state index contributed by atoms with van der Waals surface area (Å²) in [5.41, 5.74) is 1.05. The van der Waals surface area contributed by atoms with Crippen molar-refractivity contribution >= 4 is 40.7 Å². The molecule has 7 heteroatoms. The monoisotopic (exact) mass is 364 g/mol. The normalized spacial score (nSPS) is 15.4. The Bertz CT molecular complexity index is 725. The van der Waals surface area contributed by atoms with Crippen LogP contribution in [0.4, 0.5) is 11.6 Å². The molecule has 1 aliphatic heterocycles. The average molecular weight is 365 g/mol. The van der Waals surface area contributed by atoms with Gasteiger partial charge in [0, 0.05) is 35.0 Å². The van der Waals surface area contributed by atoms with Gasteiger partial charge in [-0.3, -0.25) is 4.79 Å². The fourth-order valence-corrected chi connectivity index (χ4v) is 3.19. The van der Waals surface area contributed by atoms with Crippen LogP contribution in [0.2, 0.25) is 10.0 Å². The molecule has 126 valence electrons. The van der Waals surface area contributed by atoms with Crippen LogP contribution in [0, 0.1) is 5.92 Å². The summed E-state index contributed by atoms with van der Waals surface area (Å²) >= 11 is 12.0. The molecule has 0 bridgehead atoms. The third kappa shape index (κ3) is 4.16. The number of likely N-dealkylation sites (tertiary alicyclic amines) is 1. The number of nitrogens with one attached hydrogen (secondary N) is 1. The van der Waals surface area contributed by atoms with Crippen molar-refractivity contribution in [2.75, 3.05) is 18.4 Å². The van der Waals surface area contributed by atoms with Gasteiger partial charge in [-0.05, 0) is 43.0 Å². The maximum absolute atomic E-state index is 12.6. The summed E-state index contributed by atoms with van der Waals surface area (Å²) in [4.78, 5) is 22.9. The van der Waals surface area contributed by atoms with E-state index in [-0.39, 0.29) is 5.91 Å². The lowest BCUT2D eigenvalue weighted by Crippen LogP contribution is -2.38. The molecule has 1 saturated heterocycles. The highest BCUT2D eigenvalue weighted by molar-refractivity contribution is 6.35. The van der Waals surface area contributed by atoms with E-state index in [1.807, 2.05) is 4.90 Å². The maximum atomic E-state index is 12.6. The van der Waals surface area contributed by atoms with Crippen molar-refractivity contribution in [1.82, 2.24) is 14.9 Å². The lowest BCUT2D eigenvalue weighted by Gasteiger charge is -2.30. The zero-order valence-electron chi connectivity index (χ0n) is 13.3. The third-order valence-corrected chi connectivity index (χ3v) is 4.50. The first-order valence-corrected chi connectivity index (χ1v) is 8.62. The van der Waals surface area contributed by atoms with Gasteiger partial charge in [0.1, 0.15) is 5.69 Å². The van der Waals surface area contributed by atoms with Crippen LogP contribution in [-0.2, 0) is 0 Å². The van der Waals surface area contributed by atoms with Gasteiger partial charge in [0.15, 0.2) is 0 Å². The minimum Gasteiger partial charge on any atom is -0.337 e. The van der Waals surface area contributed by atoms with Crippen molar-refractivity contribution in [2.45, 2.75) is 19.8 Å². The van der Waals surface area contributed by atoms with Crippen molar-refractivity contribution in [1.29, 1.82) is 0 Å². The van der Waals surface area contributed by atoms with Gasteiger partial charge >= 0.3 is 0 Å². The molecule has 1 aromatic heterocycles. The lowest BCUT2D eigenvalue weighted by molar-refractivity contribution is 0.0691. The number of aromatic nitrogens is 2. The minimum atomic E-state index is -0.0588. The molecule has 0 unspecified atom stereocenters. The van der Waals surface area contributed by atoms with Crippen LogP contribution < -0.4 is 5.32 Å². The Morgan fingerprint density at radius 1 is 1.21 bits per heavy atom. The molecule has 0 aliphatic carbocycles. The van der Waals surface area contributed by atoms with Gasteiger partial charge in [0.05, 0.1) is 0 Å². The van der Waals surface area contributed by atoms with Gasteiger partial charge in [-0.2, -0.15) is 0 Å². The van der Waals surface area contributed by atoms with Gasteiger partial charge in [-0.1, -0.05) is 30.1 Å². The SMILES string of the molecule is CC1CCN(C(=O)c2ccnc(Nc3cc(Cl)cc(Cl)c3)n2)CC1. The quantitative estimate of drug-likeness (QED) is 0.876. The molecule has 0 atom stereocenters. The second kappa shape index (κ2) is 7.36. The van der Waals surface area contributed by atoms with E-state index in [1.165, 1.54) is 0 Å². The molecule has 0 radical (unpaired) electrons. The number of carbonyl (C=O) groups excluding carboxylic acids is 1. The number of hydrogen-bond donors (Lipinski definition) is 1. The number of carbonyl (C=O) groups is 1. The maximum Gasteiger partial charge on any atom is 0.272 e. The Morgan fingerprint density at radius 3 is 2.54 bits per heavy atom. The van der Waals surface area contributed by atoms with Gasteiger partial charge in [0.2, 0.25) is 5.95 Å². The summed E-state index contributed by atoms with van der Waals surface area (Å²) in [6, 6.07) is 6.72. The van der Waals surface area contributed by atoms with E-state index in [1.54, 1.807) is 30.5 Å². The predicted molar refractivity (Wildman–Crippen MR) is 96.1 cm³/mol. The van der Waals surface area contributed by atoms with Gasteiger partial charge < -0.3 is 10.2 Å². The first-order valence-electron chi connectivity index (χ1n) is 7.87. The fraction of sp³-hybridized carbons (Fsp3) is 0.353. The second-order valence-corrected chi connectivity index (χ2v) is 6.90. The van der Waals surface area contributed by atoms with E-state index in [4.69, 9.17) is 23.2 Å². The number of nitrogens with zero attached hydrogens (tertiary/aromatic N) is 3. The van der Waals surface area contributed by atoms with Crippen LogP contribution in [-0.4, -0.2) is 33.9 Å². The van der Waals surface area contributed by atoms with Crippen LogP contribution in [0.5, 0.6) is 0 Å². The molecule has 1 N–H and O–H groups in total. The van der Waals surface area contributed by atoms with Crippen molar-refractivity contribution in [2.24, 2.45) is 5.92 Å². The summed E-state index contributed by atoms with van der Waals surface area (Å²) in [6.45, 7) is 3.76. The largest absolute Gasteiger partial charge is 0.337 e. The number of hydrogen-bond acceptors (Lipinski definition) is 4. The minimum absolute atomic E-state index is 0.0588. The van der Waals surface area contributed by atoms with E-state index in [9.17, 15) is 4.79 Å². The highest BCUT2D eigenvalue weighted by Gasteiger charge is 2.22. The van der Waals surface area contributed by atoms with Gasteiger partial charge in [-0.25, -0.2) is 9.97 Å².